The molecule has 3 aliphatic rings. The van der Waals surface area contributed by atoms with Crippen molar-refractivity contribution in [1.29, 1.82) is 0 Å². The van der Waals surface area contributed by atoms with Crippen LogP contribution < -0.4 is 24.5 Å². The van der Waals surface area contributed by atoms with E-state index in [0.29, 0.717) is 55.4 Å². The third kappa shape index (κ3) is 5.39. The zero-order valence-electron chi connectivity index (χ0n) is 23.6. The van der Waals surface area contributed by atoms with Gasteiger partial charge in [-0.15, -0.1) is 5.10 Å². The Kier molecular flexibility index (Phi) is 7.39. The van der Waals surface area contributed by atoms with Crippen LogP contribution in [0.4, 0.5) is 0 Å². The van der Waals surface area contributed by atoms with Gasteiger partial charge in [0.2, 0.25) is 6.79 Å². The van der Waals surface area contributed by atoms with Gasteiger partial charge in [-0.25, -0.2) is 4.68 Å². The molecule has 2 aromatic heterocycles. The number of aromatic nitrogens is 5. The van der Waals surface area contributed by atoms with Crippen LogP contribution in [0, 0.1) is 0 Å². The van der Waals surface area contributed by atoms with Gasteiger partial charge in [0.05, 0.1) is 24.2 Å². The van der Waals surface area contributed by atoms with Gasteiger partial charge in [0.25, 0.3) is 5.56 Å². The lowest BCUT2D eigenvalue weighted by molar-refractivity contribution is 0.0885. The Balaban J connectivity index is 1.25. The highest BCUT2D eigenvalue weighted by Crippen LogP contribution is 2.36. The SMILES string of the molecule is CCCC(c1nnnn1CC1CCCO1)N(Cc1ccc2c(c1)OCO2)Cc1cc2cc3c(cc2[nH]c1=O)OCCO3. The lowest BCUT2D eigenvalue weighted by Crippen LogP contribution is -2.33. The normalized spacial score (nSPS) is 18.2. The Hall–Kier alpha value is -4.16. The first-order chi connectivity index (χ1) is 20.6. The molecule has 0 spiro atoms. The van der Waals surface area contributed by atoms with Crippen molar-refractivity contribution in [3.8, 4) is 23.0 Å². The first-order valence-corrected chi connectivity index (χ1v) is 14.6. The van der Waals surface area contributed by atoms with Crippen molar-refractivity contribution < 1.29 is 23.7 Å². The fourth-order valence-electron chi connectivity index (χ4n) is 5.98. The second-order valence-corrected chi connectivity index (χ2v) is 11.0. The molecule has 2 unspecified atom stereocenters. The Morgan fingerprint density at radius 3 is 2.67 bits per heavy atom. The second kappa shape index (κ2) is 11.6. The summed E-state index contributed by atoms with van der Waals surface area (Å²) in [5.74, 6) is 3.54. The molecule has 220 valence electrons. The molecule has 42 heavy (non-hydrogen) atoms. The third-order valence-corrected chi connectivity index (χ3v) is 8.04. The number of nitrogens with zero attached hydrogens (tertiary/aromatic N) is 5. The average Bonchev–Trinajstić information content (AvgIpc) is 3.78. The van der Waals surface area contributed by atoms with Crippen molar-refractivity contribution in [2.45, 2.75) is 64.4 Å². The summed E-state index contributed by atoms with van der Waals surface area (Å²) in [6.07, 6.45) is 3.84. The first kappa shape index (κ1) is 26.7. The van der Waals surface area contributed by atoms with Crippen molar-refractivity contribution in [2.24, 2.45) is 0 Å². The van der Waals surface area contributed by atoms with E-state index in [0.717, 1.165) is 60.6 Å². The number of rotatable bonds is 10. The number of nitrogens with one attached hydrogen (secondary N) is 1. The number of tetrazole rings is 1. The van der Waals surface area contributed by atoms with Crippen LogP contribution in [0.2, 0.25) is 0 Å². The van der Waals surface area contributed by atoms with Gasteiger partial charge in [0.1, 0.15) is 13.2 Å². The van der Waals surface area contributed by atoms with Crippen LogP contribution in [0.5, 0.6) is 23.0 Å². The maximum Gasteiger partial charge on any atom is 0.252 e. The monoisotopic (exact) mass is 574 g/mol. The van der Waals surface area contributed by atoms with Crippen molar-refractivity contribution >= 4 is 10.9 Å². The Bertz CT molecular complexity index is 1630. The molecular weight excluding hydrogens is 540 g/mol. The van der Waals surface area contributed by atoms with Gasteiger partial charge in [0.15, 0.2) is 28.8 Å². The highest BCUT2D eigenvalue weighted by molar-refractivity contribution is 5.83. The summed E-state index contributed by atoms with van der Waals surface area (Å²) in [7, 11) is 0. The molecule has 0 radical (unpaired) electrons. The van der Waals surface area contributed by atoms with Gasteiger partial charge in [-0.1, -0.05) is 19.4 Å². The minimum atomic E-state index is -0.149. The van der Waals surface area contributed by atoms with Crippen LogP contribution in [-0.4, -0.2) is 62.8 Å². The third-order valence-electron chi connectivity index (χ3n) is 8.04. The smallest absolute Gasteiger partial charge is 0.252 e. The van der Waals surface area contributed by atoms with E-state index in [-0.39, 0.29) is 24.5 Å². The van der Waals surface area contributed by atoms with Gasteiger partial charge in [0, 0.05) is 36.7 Å². The van der Waals surface area contributed by atoms with Crippen molar-refractivity contribution in [3.05, 3.63) is 63.7 Å². The Morgan fingerprint density at radius 2 is 1.83 bits per heavy atom. The zero-order chi connectivity index (χ0) is 28.5. The van der Waals surface area contributed by atoms with E-state index < -0.39 is 0 Å². The van der Waals surface area contributed by atoms with E-state index >= 15 is 0 Å². The van der Waals surface area contributed by atoms with Crippen LogP contribution in [0.3, 0.4) is 0 Å². The molecule has 3 aliphatic heterocycles. The molecule has 12 nitrogen and oxygen atoms in total. The van der Waals surface area contributed by atoms with Crippen LogP contribution in [-0.2, 0) is 24.4 Å². The number of hydrogen-bond donors (Lipinski definition) is 1. The molecular formula is C30H34N6O6. The maximum absolute atomic E-state index is 13.5. The van der Waals surface area contributed by atoms with Gasteiger partial charge < -0.3 is 28.7 Å². The van der Waals surface area contributed by atoms with Crippen molar-refractivity contribution in [3.63, 3.8) is 0 Å². The number of hydrogen-bond acceptors (Lipinski definition) is 10. The number of pyridine rings is 1. The van der Waals surface area contributed by atoms with Crippen LogP contribution in [0.25, 0.3) is 10.9 Å². The molecule has 0 saturated carbocycles. The van der Waals surface area contributed by atoms with Crippen LogP contribution >= 0.6 is 0 Å². The predicted molar refractivity (Wildman–Crippen MR) is 152 cm³/mol. The van der Waals surface area contributed by atoms with Crippen LogP contribution in [0.1, 0.15) is 55.6 Å². The summed E-state index contributed by atoms with van der Waals surface area (Å²) in [5.41, 5.74) is 2.24. The topological polar surface area (TPSA) is 126 Å². The number of H-pyrrole nitrogens is 1. The van der Waals surface area contributed by atoms with E-state index in [1.807, 2.05) is 41.1 Å². The minimum absolute atomic E-state index is 0.0947. The summed E-state index contributed by atoms with van der Waals surface area (Å²) in [4.78, 5) is 18.8. The van der Waals surface area contributed by atoms with Crippen LogP contribution in [0.15, 0.2) is 41.2 Å². The molecule has 7 rings (SSSR count). The van der Waals surface area contributed by atoms with E-state index in [2.05, 4.69) is 32.3 Å². The van der Waals surface area contributed by atoms with E-state index in [9.17, 15) is 4.79 Å². The molecule has 4 aromatic rings. The standard InChI is InChI=1S/C30H34N6O6/c1-2-4-24(29-32-33-34-36(29)17-22-5-3-8-38-22)35(15-19-6-7-25-26(11-19)42-18-41-25)16-21-12-20-13-27-28(40-10-9-39-27)14-23(20)31-30(21)37/h6-7,11-14,22,24H,2-5,8-10,15-18H2,1H3,(H,31,37). The molecule has 1 fully saturated rings. The fraction of sp³-hybridized carbons (Fsp3) is 0.467. The second-order valence-electron chi connectivity index (χ2n) is 11.0. The molecule has 1 N–H and O–H groups in total. The summed E-state index contributed by atoms with van der Waals surface area (Å²) < 4.78 is 30.5. The maximum atomic E-state index is 13.5. The summed E-state index contributed by atoms with van der Waals surface area (Å²) in [6.45, 7) is 5.64. The number of fused-ring (bicyclic) bond motifs is 3. The lowest BCUT2D eigenvalue weighted by atomic mass is 10.0. The zero-order valence-corrected chi connectivity index (χ0v) is 23.6. The largest absolute Gasteiger partial charge is 0.486 e. The molecule has 5 heterocycles. The number of aromatic amines is 1. The highest BCUT2D eigenvalue weighted by Gasteiger charge is 2.29. The van der Waals surface area contributed by atoms with E-state index in [1.54, 1.807) is 0 Å². The van der Waals surface area contributed by atoms with Crippen molar-refractivity contribution in [1.82, 2.24) is 30.1 Å². The molecule has 0 bridgehead atoms. The van der Waals surface area contributed by atoms with Gasteiger partial charge in [-0.3, -0.25) is 9.69 Å². The molecule has 1 saturated heterocycles. The minimum Gasteiger partial charge on any atom is -0.486 e. The predicted octanol–water partition coefficient (Wildman–Crippen LogP) is 3.74. The quantitative estimate of drug-likeness (QED) is 0.299. The van der Waals surface area contributed by atoms with Crippen molar-refractivity contribution in [2.75, 3.05) is 26.6 Å². The fourth-order valence-corrected chi connectivity index (χ4v) is 5.98. The molecule has 12 heteroatoms. The van der Waals surface area contributed by atoms with Gasteiger partial charge in [-0.05, 0) is 59.5 Å². The molecule has 2 atom stereocenters. The van der Waals surface area contributed by atoms with E-state index in [1.165, 1.54) is 0 Å². The lowest BCUT2D eigenvalue weighted by Gasteiger charge is -2.31. The number of benzene rings is 2. The summed E-state index contributed by atoms with van der Waals surface area (Å²) >= 11 is 0. The first-order valence-electron chi connectivity index (χ1n) is 14.6. The summed E-state index contributed by atoms with van der Waals surface area (Å²) in [6, 6.07) is 11.5. The summed E-state index contributed by atoms with van der Waals surface area (Å²) in [5, 5.41) is 13.8. The molecule has 0 amide bonds. The van der Waals surface area contributed by atoms with E-state index in [4.69, 9.17) is 23.7 Å². The average molecular weight is 575 g/mol. The van der Waals surface area contributed by atoms with Gasteiger partial charge >= 0.3 is 0 Å². The Morgan fingerprint density at radius 1 is 1.00 bits per heavy atom. The number of ether oxygens (including phenoxy) is 5. The Labute approximate surface area is 242 Å². The molecule has 0 aliphatic carbocycles. The van der Waals surface area contributed by atoms with Gasteiger partial charge in [-0.2, -0.15) is 0 Å². The molecule has 2 aromatic carbocycles. The highest BCUT2D eigenvalue weighted by atomic mass is 16.7.